The second-order valence-corrected chi connectivity index (χ2v) is 6.84. The van der Waals surface area contributed by atoms with E-state index in [1.54, 1.807) is 19.1 Å². The molecule has 0 saturated carbocycles. The third-order valence-electron chi connectivity index (χ3n) is 2.54. The number of aryl methyl sites for hydroxylation is 1. The van der Waals surface area contributed by atoms with E-state index in [-0.39, 0.29) is 5.69 Å². The molecule has 0 radical (unpaired) electrons. The molecule has 1 atom stereocenters. The lowest BCUT2D eigenvalue weighted by molar-refractivity contribution is -0.136. The van der Waals surface area contributed by atoms with Crippen LogP contribution in [-0.2, 0) is 14.8 Å². The average Bonchev–Trinajstić information content (AvgIpc) is 2.30. The molecule has 0 aliphatic rings. The monoisotopic (exact) mass is 351 g/mol. The highest BCUT2D eigenvalue weighted by Crippen LogP contribution is 2.33. The third kappa shape index (κ3) is 3.60. The molecule has 19 heavy (non-hydrogen) atoms. The molecule has 0 heterocycles. The number of halogens is 1. The highest BCUT2D eigenvalue weighted by atomic mass is 79.9. The zero-order valence-electron chi connectivity index (χ0n) is 10.6. The number of sulfonamides is 1. The third-order valence-corrected chi connectivity index (χ3v) is 4.62. The Morgan fingerprint density at radius 2 is 2.05 bits per heavy atom. The Kier molecular flexibility index (Phi) is 4.81. The first kappa shape index (κ1) is 15.8. The minimum absolute atomic E-state index is 0.235. The van der Waals surface area contributed by atoms with E-state index in [0.717, 1.165) is 11.4 Å². The van der Waals surface area contributed by atoms with Gasteiger partial charge in [0.1, 0.15) is 5.75 Å². The van der Waals surface area contributed by atoms with Crippen LogP contribution in [0.4, 0.5) is 5.69 Å². The fourth-order valence-electron chi connectivity index (χ4n) is 1.37. The summed E-state index contributed by atoms with van der Waals surface area (Å²) in [5, 5.41) is 7.22. The summed E-state index contributed by atoms with van der Waals surface area (Å²) < 4.78 is 31.9. The van der Waals surface area contributed by atoms with Gasteiger partial charge in [-0.2, -0.15) is 0 Å². The van der Waals surface area contributed by atoms with Crippen LogP contribution in [0.25, 0.3) is 0 Å². The van der Waals surface area contributed by atoms with E-state index in [2.05, 4.69) is 20.7 Å². The highest BCUT2D eigenvalue weighted by molar-refractivity contribution is 9.10. The molecule has 0 aromatic heterocycles. The molecule has 0 spiro atoms. The molecule has 0 aliphatic heterocycles. The van der Waals surface area contributed by atoms with Crippen LogP contribution in [0.5, 0.6) is 5.75 Å². The normalized spacial score (nSPS) is 12.8. The Labute approximate surface area is 120 Å². The van der Waals surface area contributed by atoms with Crippen molar-refractivity contribution in [2.24, 2.45) is 0 Å². The second-order valence-electron chi connectivity index (χ2n) is 3.93. The van der Waals surface area contributed by atoms with Gasteiger partial charge >= 0.3 is 5.97 Å². The average molecular weight is 352 g/mol. The number of anilines is 1. The number of hydrogen-bond donors (Lipinski definition) is 2. The molecule has 6 nitrogen and oxygen atoms in total. The van der Waals surface area contributed by atoms with Gasteiger partial charge in [0.25, 0.3) is 0 Å². The van der Waals surface area contributed by atoms with E-state index >= 15 is 0 Å². The Hall–Kier alpha value is -1.28. The van der Waals surface area contributed by atoms with Gasteiger partial charge in [0.15, 0.2) is 5.25 Å². The van der Waals surface area contributed by atoms with Crippen LogP contribution < -0.4 is 9.46 Å². The maximum atomic E-state index is 11.9. The maximum Gasteiger partial charge on any atom is 0.323 e. The molecule has 0 bridgehead atoms. The van der Waals surface area contributed by atoms with Gasteiger partial charge in [-0.15, -0.1) is 0 Å². The SMILES string of the molecule is COc1cc(Br)cc(C)c1NS(=O)(=O)C(C)C(=O)O. The Bertz CT molecular complexity index is 599. The summed E-state index contributed by atoms with van der Waals surface area (Å²) in [6, 6.07) is 3.29. The molecule has 8 heteroatoms. The Balaban J connectivity index is 3.23. The van der Waals surface area contributed by atoms with Gasteiger partial charge in [0.2, 0.25) is 10.0 Å². The van der Waals surface area contributed by atoms with Gasteiger partial charge in [-0.3, -0.25) is 9.52 Å². The Morgan fingerprint density at radius 1 is 1.47 bits per heavy atom. The second kappa shape index (κ2) is 5.79. The van der Waals surface area contributed by atoms with Crippen LogP contribution in [-0.4, -0.2) is 31.9 Å². The molecule has 1 aromatic rings. The number of nitrogens with one attached hydrogen (secondary N) is 1. The van der Waals surface area contributed by atoms with E-state index in [1.165, 1.54) is 7.11 Å². The van der Waals surface area contributed by atoms with Crippen molar-refractivity contribution >= 4 is 37.6 Å². The maximum absolute atomic E-state index is 11.9. The number of carbonyl (C=O) groups is 1. The molecule has 0 aliphatic carbocycles. The summed E-state index contributed by atoms with van der Waals surface area (Å²) in [6.07, 6.45) is 0. The van der Waals surface area contributed by atoms with Crippen molar-refractivity contribution in [2.75, 3.05) is 11.8 Å². The molecule has 0 amide bonds. The van der Waals surface area contributed by atoms with E-state index in [0.29, 0.717) is 11.3 Å². The van der Waals surface area contributed by atoms with Crippen molar-refractivity contribution < 1.29 is 23.1 Å². The molecule has 0 fully saturated rings. The standard InChI is InChI=1S/C11H14BrNO5S/c1-6-4-8(12)5-9(18-3)10(6)13-19(16,17)7(2)11(14)15/h4-5,7,13H,1-3H3,(H,14,15). The van der Waals surface area contributed by atoms with Crippen LogP contribution in [0.2, 0.25) is 0 Å². The largest absolute Gasteiger partial charge is 0.495 e. The zero-order chi connectivity index (χ0) is 14.8. The van der Waals surface area contributed by atoms with Gasteiger partial charge in [0, 0.05) is 4.47 Å². The molecular formula is C11H14BrNO5S. The summed E-state index contributed by atoms with van der Waals surface area (Å²) in [4.78, 5) is 10.8. The van der Waals surface area contributed by atoms with E-state index < -0.39 is 21.2 Å². The van der Waals surface area contributed by atoms with Gasteiger partial charge in [-0.05, 0) is 31.5 Å². The molecule has 2 N–H and O–H groups in total. The van der Waals surface area contributed by atoms with Crippen molar-refractivity contribution in [1.29, 1.82) is 0 Å². The van der Waals surface area contributed by atoms with Gasteiger partial charge in [0.05, 0.1) is 12.8 Å². The van der Waals surface area contributed by atoms with Crippen LogP contribution in [0.15, 0.2) is 16.6 Å². The summed E-state index contributed by atoms with van der Waals surface area (Å²) >= 11 is 3.27. The smallest absolute Gasteiger partial charge is 0.323 e. The van der Waals surface area contributed by atoms with Crippen LogP contribution in [0, 0.1) is 6.92 Å². The number of aliphatic carboxylic acids is 1. The summed E-state index contributed by atoms with van der Waals surface area (Å²) in [5.74, 6) is -1.10. The number of ether oxygens (including phenoxy) is 1. The molecular weight excluding hydrogens is 338 g/mol. The fourth-order valence-corrected chi connectivity index (χ4v) is 2.91. The number of benzene rings is 1. The van der Waals surface area contributed by atoms with Crippen molar-refractivity contribution in [3.05, 3.63) is 22.2 Å². The van der Waals surface area contributed by atoms with Crippen LogP contribution in [0.1, 0.15) is 12.5 Å². The Morgan fingerprint density at radius 3 is 2.53 bits per heavy atom. The lowest BCUT2D eigenvalue weighted by atomic mass is 10.2. The number of carboxylic acid groups (broad SMARTS) is 1. The van der Waals surface area contributed by atoms with Crippen molar-refractivity contribution in [2.45, 2.75) is 19.1 Å². The van der Waals surface area contributed by atoms with Gasteiger partial charge < -0.3 is 9.84 Å². The fraction of sp³-hybridized carbons (Fsp3) is 0.364. The lowest BCUT2D eigenvalue weighted by Gasteiger charge is -2.16. The van der Waals surface area contributed by atoms with Crippen molar-refractivity contribution in [3.63, 3.8) is 0 Å². The highest BCUT2D eigenvalue weighted by Gasteiger charge is 2.29. The number of hydrogen-bond acceptors (Lipinski definition) is 4. The summed E-state index contributed by atoms with van der Waals surface area (Å²) in [5.41, 5.74) is 0.853. The van der Waals surface area contributed by atoms with Crippen LogP contribution >= 0.6 is 15.9 Å². The number of carboxylic acids is 1. The predicted octanol–water partition coefficient (Wildman–Crippen LogP) is 1.98. The number of methoxy groups -OCH3 is 1. The molecule has 1 unspecified atom stereocenters. The van der Waals surface area contributed by atoms with E-state index in [9.17, 15) is 13.2 Å². The van der Waals surface area contributed by atoms with Gasteiger partial charge in [-0.1, -0.05) is 15.9 Å². The topological polar surface area (TPSA) is 92.7 Å². The first-order chi connectivity index (χ1) is 8.69. The summed E-state index contributed by atoms with van der Waals surface area (Å²) in [6.45, 7) is 2.79. The summed E-state index contributed by atoms with van der Waals surface area (Å²) in [7, 11) is -2.62. The molecule has 0 saturated heterocycles. The van der Waals surface area contributed by atoms with Gasteiger partial charge in [-0.25, -0.2) is 8.42 Å². The molecule has 106 valence electrons. The first-order valence-electron chi connectivity index (χ1n) is 5.27. The predicted molar refractivity (Wildman–Crippen MR) is 75.1 cm³/mol. The molecule has 1 aromatic carbocycles. The number of rotatable bonds is 5. The minimum Gasteiger partial charge on any atom is -0.495 e. The van der Waals surface area contributed by atoms with Crippen molar-refractivity contribution in [3.8, 4) is 5.75 Å². The molecule has 1 rings (SSSR count). The van der Waals surface area contributed by atoms with Crippen molar-refractivity contribution in [1.82, 2.24) is 0 Å². The first-order valence-corrected chi connectivity index (χ1v) is 7.61. The zero-order valence-corrected chi connectivity index (χ0v) is 13.0. The van der Waals surface area contributed by atoms with E-state index in [4.69, 9.17) is 9.84 Å². The quantitative estimate of drug-likeness (QED) is 0.845. The lowest BCUT2D eigenvalue weighted by Crippen LogP contribution is -2.32. The minimum atomic E-state index is -4.03. The van der Waals surface area contributed by atoms with Crippen LogP contribution in [0.3, 0.4) is 0 Å². The van der Waals surface area contributed by atoms with E-state index in [1.807, 2.05) is 0 Å².